The predicted molar refractivity (Wildman–Crippen MR) is 77.9 cm³/mol. The normalized spacial score (nSPS) is 15.7. The number of hydrogen-bond acceptors (Lipinski definition) is 2. The summed E-state index contributed by atoms with van der Waals surface area (Å²) in [5, 5.41) is 0. The monoisotopic (exact) mass is 256 g/mol. The summed E-state index contributed by atoms with van der Waals surface area (Å²) in [6.45, 7) is 3.16. The van der Waals surface area contributed by atoms with E-state index in [0.29, 0.717) is 13.0 Å². The molecule has 0 unspecified atom stereocenters. The van der Waals surface area contributed by atoms with Crippen LogP contribution in [0, 0.1) is 18.8 Å². The molecule has 0 aliphatic carbocycles. The molecule has 1 saturated heterocycles. The molecule has 1 amide bonds. The van der Waals surface area contributed by atoms with Gasteiger partial charge in [0.25, 0.3) is 0 Å². The van der Waals surface area contributed by atoms with Crippen LogP contribution in [0.15, 0.2) is 18.2 Å². The van der Waals surface area contributed by atoms with Gasteiger partial charge in [-0.3, -0.25) is 4.79 Å². The van der Waals surface area contributed by atoms with E-state index in [9.17, 15) is 4.79 Å². The standard InChI is InChI=1S/C16H20N2O/c1-13-8-9-14(6-5-10-17)15(12-13)18-11-4-2-3-7-16(18)19/h8-9,12H,2-4,7,10-11,17H2,1H3. The fourth-order valence-electron chi connectivity index (χ4n) is 2.35. The molecule has 0 atom stereocenters. The van der Waals surface area contributed by atoms with Gasteiger partial charge >= 0.3 is 0 Å². The third-order valence-corrected chi connectivity index (χ3v) is 3.34. The summed E-state index contributed by atoms with van der Waals surface area (Å²) in [4.78, 5) is 14.1. The SMILES string of the molecule is Cc1ccc(C#CCN)c(N2CCCCCC2=O)c1. The Morgan fingerprint density at radius 3 is 2.95 bits per heavy atom. The maximum atomic E-state index is 12.2. The Morgan fingerprint density at radius 1 is 1.32 bits per heavy atom. The van der Waals surface area contributed by atoms with E-state index in [0.717, 1.165) is 42.6 Å². The zero-order chi connectivity index (χ0) is 13.7. The van der Waals surface area contributed by atoms with E-state index in [1.54, 1.807) is 0 Å². The molecule has 0 bridgehead atoms. The highest BCUT2D eigenvalue weighted by Gasteiger charge is 2.20. The second-order valence-electron chi connectivity index (χ2n) is 4.88. The first kappa shape index (κ1) is 13.6. The predicted octanol–water partition coefficient (Wildman–Crippen LogP) is 2.21. The van der Waals surface area contributed by atoms with Crippen LogP contribution in [-0.2, 0) is 4.79 Å². The van der Waals surface area contributed by atoms with Crippen LogP contribution in [0.3, 0.4) is 0 Å². The minimum Gasteiger partial charge on any atom is -0.320 e. The fourth-order valence-corrected chi connectivity index (χ4v) is 2.35. The summed E-state index contributed by atoms with van der Waals surface area (Å²) in [5.74, 6) is 6.15. The van der Waals surface area contributed by atoms with Crippen molar-refractivity contribution in [1.82, 2.24) is 0 Å². The van der Waals surface area contributed by atoms with Crippen molar-refractivity contribution in [3.8, 4) is 11.8 Å². The van der Waals surface area contributed by atoms with Crippen LogP contribution >= 0.6 is 0 Å². The Morgan fingerprint density at radius 2 is 2.16 bits per heavy atom. The fraction of sp³-hybridized carbons (Fsp3) is 0.438. The molecule has 1 fully saturated rings. The summed E-state index contributed by atoms with van der Waals surface area (Å²) in [6.07, 6.45) is 3.81. The van der Waals surface area contributed by atoms with E-state index in [-0.39, 0.29) is 5.91 Å². The molecule has 0 aromatic heterocycles. The first-order chi connectivity index (χ1) is 9.22. The first-order valence-corrected chi connectivity index (χ1v) is 6.82. The smallest absolute Gasteiger partial charge is 0.227 e. The molecule has 1 heterocycles. The number of aryl methyl sites for hydroxylation is 1. The Kier molecular flexibility index (Phi) is 4.59. The van der Waals surface area contributed by atoms with Crippen LogP contribution in [0.1, 0.15) is 36.8 Å². The molecule has 2 N–H and O–H groups in total. The summed E-state index contributed by atoms with van der Waals surface area (Å²) in [7, 11) is 0. The number of nitrogens with two attached hydrogens (primary N) is 1. The van der Waals surface area contributed by atoms with E-state index in [1.807, 2.05) is 30.0 Å². The van der Waals surface area contributed by atoms with Gasteiger partial charge in [-0.25, -0.2) is 0 Å². The van der Waals surface area contributed by atoms with Gasteiger partial charge in [0, 0.05) is 18.5 Å². The minimum atomic E-state index is 0.207. The lowest BCUT2D eigenvalue weighted by atomic mass is 10.1. The van der Waals surface area contributed by atoms with Crippen LogP contribution in [0.25, 0.3) is 0 Å². The minimum absolute atomic E-state index is 0.207. The van der Waals surface area contributed by atoms with Gasteiger partial charge in [-0.2, -0.15) is 0 Å². The summed E-state index contributed by atoms with van der Waals surface area (Å²) in [6, 6.07) is 6.04. The lowest BCUT2D eigenvalue weighted by Gasteiger charge is -2.22. The third-order valence-electron chi connectivity index (χ3n) is 3.34. The van der Waals surface area contributed by atoms with Gasteiger partial charge in [-0.15, -0.1) is 0 Å². The second kappa shape index (κ2) is 6.40. The zero-order valence-corrected chi connectivity index (χ0v) is 11.4. The topological polar surface area (TPSA) is 46.3 Å². The van der Waals surface area contributed by atoms with Crippen molar-refractivity contribution in [2.75, 3.05) is 18.0 Å². The van der Waals surface area contributed by atoms with Crippen molar-refractivity contribution >= 4 is 11.6 Å². The molecule has 100 valence electrons. The van der Waals surface area contributed by atoms with Gasteiger partial charge in [0.1, 0.15) is 0 Å². The van der Waals surface area contributed by atoms with Crippen molar-refractivity contribution in [1.29, 1.82) is 0 Å². The Labute approximate surface area is 114 Å². The molecule has 0 spiro atoms. The van der Waals surface area contributed by atoms with E-state index >= 15 is 0 Å². The van der Waals surface area contributed by atoms with Gasteiger partial charge < -0.3 is 10.6 Å². The first-order valence-electron chi connectivity index (χ1n) is 6.82. The number of carbonyl (C=O) groups excluding carboxylic acids is 1. The molecule has 19 heavy (non-hydrogen) atoms. The van der Waals surface area contributed by atoms with Gasteiger partial charge in [-0.05, 0) is 37.5 Å². The molecular formula is C16H20N2O. The molecule has 1 aliphatic rings. The lowest BCUT2D eigenvalue weighted by molar-refractivity contribution is -0.118. The average molecular weight is 256 g/mol. The number of amides is 1. The van der Waals surface area contributed by atoms with E-state index in [4.69, 9.17) is 5.73 Å². The Hall–Kier alpha value is -1.79. The Bertz CT molecular complexity index is 525. The number of anilines is 1. The molecule has 2 rings (SSSR count). The van der Waals surface area contributed by atoms with Gasteiger partial charge in [0.2, 0.25) is 5.91 Å². The molecule has 1 aliphatic heterocycles. The van der Waals surface area contributed by atoms with Gasteiger partial charge in [-0.1, -0.05) is 24.3 Å². The lowest BCUT2D eigenvalue weighted by Crippen LogP contribution is -2.30. The zero-order valence-electron chi connectivity index (χ0n) is 11.4. The van der Waals surface area contributed by atoms with Crippen molar-refractivity contribution < 1.29 is 4.79 Å². The summed E-state index contributed by atoms with van der Waals surface area (Å²) < 4.78 is 0. The van der Waals surface area contributed by atoms with E-state index in [1.165, 1.54) is 0 Å². The highest BCUT2D eigenvalue weighted by Crippen LogP contribution is 2.25. The van der Waals surface area contributed by atoms with Crippen LogP contribution in [0.2, 0.25) is 0 Å². The van der Waals surface area contributed by atoms with Crippen LogP contribution in [0.5, 0.6) is 0 Å². The summed E-state index contributed by atoms with van der Waals surface area (Å²) >= 11 is 0. The molecular weight excluding hydrogens is 236 g/mol. The molecule has 1 aromatic carbocycles. The molecule has 3 heteroatoms. The molecule has 0 radical (unpaired) electrons. The van der Waals surface area contributed by atoms with Gasteiger partial charge in [0.05, 0.1) is 12.2 Å². The average Bonchev–Trinajstić information content (AvgIpc) is 2.62. The van der Waals surface area contributed by atoms with Crippen LogP contribution in [0.4, 0.5) is 5.69 Å². The molecule has 3 nitrogen and oxygen atoms in total. The van der Waals surface area contributed by atoms with E-state index in [2.05, 4.69) is 11.8 Å². The summed E-state index contributed by atoms with van der Waals surface area (Å²) in [5.41, 5.74) is 8.41. The maximum absolute atomic E-state index is 12.2. The van der Waals surface area contributed by atoms with Gasteiger partial charge in [0.15, 0.2) is 0 Å². The van der Waals surface area contributed by atoms with Crippen LogP contribution in [-0.4, -0.2) is 19.0 Å². The highest BCUT2D eigenvalue weighted by molar-refractivity contribution is 5.95. The number of carbonyl (C=O) groups is 1. The van der Waals surface area contributed by atoms with Crippen molar-refractivity contribution in [3.63, 3.8) is 0 Å². The number of benzene rings is 1. The quantitative estimate of drug-likeness (QED) is 0.783. The van der Waals surface area contributed by atoms with Crippen molar-refractivity contribution in [3.05, 3.63) is 29.3 Å². The van der Waals surface area contributed by atoms with Crippen LogP contribution < -0.4 is 10.6 Å². The number of nitrogens with zero attached hydrogens (tertiary/aromatic N) is 1. The third kappa shape index (κ3) is 3.36. The van der Waals surface area contributed by atoms with Crippen molar-refractivity contribution in [2.24, 2.45) is 5.73 Å². The van der Waals surface area contributed by atoms with Crippen molar-refractivity contribution in [2.45, 2.75) is 32.6 Å². The number of hydrogen-bond donors (Lipinski definition) is 1. The molecule has 0 saturated carbocycles. The number of rotatable bonds is 1. The largest absolute Gasteiger partial charge is 0.320 e. The second-order valence-corrected chi connectivity index (χ2v) is 4.88. The highest BCUT2D eigenvalue weighted by atomic mass is 16.2. The van der Waals surface area contributed by atoms with E-state index < -0.39 is 0 Å². The Balaban J connectivity index is 2.40. The maximum Gasteiger partial charge on any atom is 0.227 e. The molecule has 1 aromatic rings.